The normalized spacial score (nSPS) is 12.0. The number of nitrogens with one attached hydrogen (secondary N) is 1. The van der Waals surface area contributed by atoms with E-state index in [4.69, 9.17) is 48.7 Å². The Bertz CT molecular complexity index is 1490. The molecule has 0 fully saturated rings. The molecule has 4 rings (SSSR count). The maximum atomic E-state index is 13.7. The van der Waals surface area contributed by atoms with Gasteiger partial charge in [-0.1, -0.05) is 12.1 Å². The second kappa shape index (κ2) is 10.6. The third-order valence-electron chi connectivity index (χ3n) is 5.15. The van der Waals surface area contributed by atoms with Crippen LogP contribution in [0.5, 0.6) is 11.5 Å². The van der Waals surface area contributed by atoms with Gasteiger partial charge in [-0.15, -0.1) is 0 Å². The largest absolute Gasteiger partial charge is 0.516 e. The summed E-state index contributed by atoms with van der Waals surface area (Å²) in [5.74, 6) is -0.478. The van der Waals surface area contributed by atoms with Crippen LogP contribution in [0.1, 0.15) is 0 Å². The van der Waals surface area contributed by atoms with Gasteiger partial charge >= 0.3 is 6.18 Å². The first kappa shape index (κ1) is 27.4. The molecule has 14 heteroatoms. The smallest absolute Gasteiger partial charge is 0.405 e. The first-order valence-corrected chi connectivity index (χ1v) is 11.1. The molecule has 10 radical (unpaired) electrons. The minimum atomic E-state index is -4.45. The second-order valence-electron chi connectivity index (χ2n) is 8.33. The quantitative estimate of drug-likeness (QED) is 0.374. The Morgan fingerprint density at radius 3 is 2.13 bits per heavy atom. The highest BCUT2D eigenvalue weighted by molar-refractivity contribution is 6.58. The van der Waals surface area contributed by atoms with Crippen molar-refractivity contribution in [3.05, 3.63) is 77.1 Å². The fraction of sp³-hybridized carbons (Fsp3) is 0.167. The number of ether oxygens (including phenoxy) is 2. The van der Waals surface area contributed by atoms with Gasteiger partial charge in [-0.05, 0) is 65.5 Å². The van der Waals surface area contributed by atoms with Crippen LogP contribution in [-0.2, 0) is 0 Å². The Morgan fingerprint density at radius 1 is 0.921 bits per heavy atom. The number of nitrogens with zero attached hydrogens (tertiary/aromatic N) is 2. The van der Waals surface area contributed by atoms with E-state index in [0.717, 1.165) is 0 Å². The summed E-state index contributed by atoms with van der Waals surface area (Å²) in [6.07, 6.45) is -4.45. The fourth-order valence-electron chi connectivity index (χ4n) is 3.66. The zero-order chi connectivity index (χ0) is 27.7. The molecule has 0 spiro atoms. The molecule has 2 aromatic carbocycles. The highest BCUT2D eigenvalue weighted by Crippen LogP contribution is 2.27. The molecule has 1 N–H and O–H groups in total. The van der Waals surface area contributed by atoms with Crippen LogP contribution in [0, 0.1) is 0 Å². The van der Waals surface area contributed by atoms with Crippen molar-refractivity contribution in [1.82, 2.24) is 9.55 Å². The van der Waals surface area contributed by atoms with E-state index in [9.17, 15) is 18.0 Å². The molecule has 0 saturated carbocycles. The summed E-state index contributed by atoms with van der Waals surface area (Å²) in [6.45, 7) is -1.29. The van der Waals surface area contributed by atoms with Gasteiger partial charge in [-0.2, -0.15) is 13.2 Å². The van der Waals surface area contributed by atoms with Crippen molar-refractivity contribution in [2.75, 3.05) is 11.9 Å². The van der Waals surface area contributed by atoms with Gasteiger partial charge in [0.2, 0.25) is 0 Å². The zero-order valence-electron chi connectivity index (χ0n) is 19.8. The molecule has 0 aliphatic rings. The summed E-state index contributed by atoms with van der Waals surface area (Å²) in [7, 11) is 27.3. The lowest BCUT2D eigenvalue weighted by Crippen LogP contribution is -2.37. The van der Waals surface area contributed by atoms with Crippen LogP contribution in [0.3, 0.4) is 0 Å². The maximum absolute atomic E-state index is 13.7. The lowest BCUT2D eigenvalue weighted by molar-refractivity contribution is -0.115. The van der Waals surface area contributed by atoms with Crippen molar-refractivity contribution in [2.24, 2.45) is 0 Å². The Labute approximate surface area is 223 Å². The van der Waals surface area contributed by atoms with Crippen LogP contribution in [0.2, 0.25) is 0 Å². The van der Waals surface area contributed by atoms with E-state index < -0.39 is 29.5 Å². The lowest BCUT2D eigenvalue weighted by atomic mass is 9.52. The number of halogens is 3. The average molecular weight is 504 g/mol. The number of alkyl halides is 3. The molecule has 0 amide bonds. The van der Waals surface area contributed by atoms with Gasteiger partial charge in [-0.25, -0.2) is 4.98 Å². The van der Waals surface area contributed by atoms with Crippen LogP contribution in [0.25, 0.3) is 27.8 Å². The molecule has 2 heterocycles. The molecule has 2 aromatic heterocycles. The van der Waals surface area contributed by atoms with Gasteiger partial charge in [0, 0.05) is 16.9 Å². The van der Waals surface area contributed by atoms with E-state index in [1.165, 1.54) is 22.8 Å². The summed E-state index contributed by atoms with van der Waals surface area (Å²) >= 11 is 0. The minimum absolute atomic E-state index is 0.0554. The molecule has 0 atom stereocenters. The number of hydrogen-bond donors (Lipinski definition) is 1. The fourth-order valence-corrected chi connectivity index (χ4v) is 3.66. The molecular formula is C24H15B5F3N3O3. The maximum Gasteiger partial charge on any atom is 0.405 e. The van der Waals surface area contributed by atoms with Gasteiger partial charge < -0.3 is 14.8 Å². The topological polar surface area (TPSA) is 65.4 Å². The molecule has 38 heavy (non-hydrogen) atoms. The first-order valence-electron chi connectivity index (χ1n) is 11.1. The highest BCUT2D eigenvalue weighted by atomic mass is 19.4. The Balaban J connectivity index is 1.85. The van der Waals surface area contributed by atoms with Gasteiger partial charge in [0.1, 0.15) is 68.7 Å². The lowest BCUT2D eigenvalue weighted by Gasteiger charge is -2.23. The Kier molecular flexibility index (Phi) is 7.62. The summed E-state index contributed by atoms with van der Waals surface area (Å²) in [4.78, 5) is 18.0. The third-order valence-corrected chi connectivity index (χ3v) is 5.15. The van der Waals surface area contributed by atoms with E-state index >= 15 is 0 Å². The molecule has 4 aromatic rings. The number of anilines is 1. The minimum Gasteiger partial charge on any atom is -0.516 e. The number of fused-ring (bicyclic) bond motifs is 1. The number of pyridine rings is 2. The summed E-state index contributed by atoms with van der Waals surface area (Å²) in [5.41, 5.74) is 0.823. The number of benzene rings is 2. The molecule has 0 bridgehead atoms. The zero-order valence-corrected chi connectivity index (χ0v) is 19.8. The van der Waals surface area contributed by atoms with Gasteiger partial charge in [-0.3, -0.25) is 9.36 Å². The molecule has 0 saturated heterocycles. The van der Waals surface area contributed by atoms with Crippen molar-refractivity contribution in [3.63, 3.8) is 0 Å². The SMILES string of the molecule is [B]C([B])Oc1ccc(-n2c(=O)c(-c3ccc(OC([B])([B])[B])cc3)cc3ccc(NCC(F)(F)F)nc32)cc1. The molecule has 180 valence electrons. The number of hydrogen-bond acceptors (Lipinski definition) is 5. The Morgan fingerprint density at radius 2 is 1.55 bits per heavy atom. The van der Waals surface area contributed by atoms with Gasteiger partial charge in [0.25, 0.3) is 5.56 Å². The van der Waals surface area contributed by atoms with Crippen molar-refractivity contribution >= 4 is 56.1 Å². The van der Waals surface area contributed by atoms with E-state index in [1.807, 2.05) is 0 Å². The van der Waals surface area contributed by atoms with Crippen LogP contribution in [0.15, 0.2) is 71.5 Å². The van der Waals surface area contributed by atoms with E-state index in [0.29, 0.717) is 22.4 Å². The molecule has 0 aliphatic heterocycles. The molecule has 6 nitrogen and oxygen atoms in total. The highest BCUT2D eigenvalue weighted by Gasteiger charge is 2.27. The van der Waals surface area contributed by atoms with Crippen molar-refractivity contribution < 1.29 is 22.6 Å². The van der Waals surface area contributed by atoms with Crippen LogP contribution in [-0.4, -0.2) is 72.7 Å². The summed E-state index contributed by atoms with van der Waals surface area (Å²) in [5, 5.41) is 0.841. The third kappa shape index (κ3) is 6.79. The molecule has 0 unspecified atom stereocenters. The number of rotatable bonds is 8. The van der Waals surface area contributed by atoms with E-state index in [-0.39, 0.29) is 22.8 Å². The van der Waals surface area contributed by atoms with Gasteiger partial charge in [0.15, 0.2) is 0 Å². The van der Waals surface area contributed by atoms with Crippen LogP contribution in [0.4, 0.5) is 19.0 Å². The first-order chi connectivity index (χ1) is 17.8. The summed E-state index contributed by atoms with van der Waals surface area (Å²) in [6, 6.07) is 17.1. The predicted octanol–water partition coefficient (Wildman–Crippen LogP) is 2.52. The monoisotopic (exact) mass is 505 g/mol. The van der Waals surface area contributed by atoms with Gasteiger partial charge in [0.05, 0.1) is 5.69 Å². The van der Waals surface area contributed by atoms with Crippen molar-refractivity contribution in [3.8, 4) is 28.3 Å². The van der Waals surface area contributed by atoms with Crippen molar-refractivity contribution in [1.29, 1.82) is 0 Å². The van der Waals surface area contributed by atoms with Crippen LogP contribution >= 0.6 is 0 Å². The van der Waals surface area contributed by atoms with Crippen molar-refractivity contribution in [2.45, 2.75) is 17.4 Å². The van der Waals surface area contributed by atoms with E-state index in [2.05, 4.69) is 10.3 Å². The molecule has 0 aliphatic carbocycles. The molecular weight excluding hydrogens is 489 g/mol. The second-order valence-corrected chi connectivity index (χ2v) is 8.33. The standard InChI is InChI=1S/C24H15B5F3N3O3/c25-22(26)37-16-8-4-15(5-9-16)35-20-14(3-10-19(34-20)33-12-23(30,31)32)11-18(21(35)36)13-1-6-17(7-2-13)38-24(27,28)29/h1-11,22H,12H2,(H,33,34). The predicted molar refractivity (Wildman–Crippen MR) is 144 cm³/mol. The Hall–Kier alpha value is -3.69. The van der Waals surface area contributed by atoms with E-state index in [1.54, 1.807) is 48.5 Å². The summed E-state index contributed by atoms with van der Waals surface area (Å²) < 4.78 is 50.0. The number of aromatic nitrogens is 2. The van der Waals surface area contributed by atoms with Crippen LogP contribution < -0.4 is 20.3 Å². The average Bonchev–Trinajstić information content (AvgIpc) is 2.82.